The van der Waals surface area contributed by atoms with Gasteiger partial charge < -0.3 is 10.3 Å². The fraction of sp³-hybridized carbons (Fsp3) is 0.750. The van der Waals surface area contributed by atoms with Crippen LogP contribution in [0, 0.1) is 5.21 Å². The van der Waals surface area contributed by atoms with Gasteiger partial charge >= 0.3 is 0 Å². The standard InChI is InChI=1S/C8H12N6O2/c1-7(2)8(3,4)14(16)6(13(7)15)5-9-11-12-10-5/h1-4H3/q-1. The van der Waals surface area contributed by atoms with Crippen LogP contribution in [0.3, 0.4) is 0 Å². The third kappa shape index (κ3) is 1.11. The van der Waals surface area contributed by atoms with Crippen molar-refractivity contribution in [2.75, 3.05) is 0 Å². The summed E-state index contributed by atoms with van der Waals surface area (Å²) in [6.07, 6.45) is 0. The fourth-order valence-electron chi connectivity index (χ4n) is 1.52. The van der Waals surface area contributed by atoms with E-state index in [9.17, 15) is 10.4 Å². The van der Waals surface area contributed by atoms with Gasteiger partial charge in [0.25, 0.3) is 0 Å². The number of hydrogen-bond acceptors (Lipinski definition) is 7. The second-order valence-electron chi connectivity index (χ2n) is 4.73. The summed E-state index contributed by atoms with van der Waals surface area (Å²) in [7, 11) is 0. The molecule has 0 bridgehead atoms. The first-order valence-corrected chi connectivity index (χ1v) is 4.81. The zero-order chi connectivity index (χ0) is 12.1. The van der Waals surface area contributed by atoms with Gasteiger partial charge in [0, 0.05) is 0 Å². The average molecular weight is 224 g/mol. The van der Waals surface area contributed by atoms with Crippen LogP contribution in [-0.2, 0) is 5.21 Å². The van der Waals surface area contributed by atoms with Crippen LogP contribution >= 0.6 is 0 Å². The van der Waals surface area contributed by atoms with Crippen LogP contribution in [0.1, 0.15) is 27.7 Å². The van der Waals surface area contributed by atoms with E-state index in [1.807, 2.05) is 0 Å². The zero-order valence-electron chi connectivity index (χ0n) is 9.50. The van der Waals surface area contributed by atoms with Crippen molar-refractivity contribution in [1.82, 2.24) is 10.1 Å². The van der Waals surface area contributed by atoms with Crippen LogP contribution in [0.25, 0.3) is 0 Å². The van der Waals surface area contributed by atoms with E-state index in [0.29, 0.717) is 10.1 Å². The molecule has 2 aliphatic heterocycles. The van der Waals surface area contributed by atoms with Crippen LogP contribution in [0.5, 0.6) is 0 Å². The maximum absolute atomic E-state index is 12.1. The Morgan fingerprint density at radius 3 is 1.94 bits per heavy atom. The molecule has 0 atom stereocenters. The highest BCUT2D eigenvalue weighted by molar-refractivity contribution is 5.24. The topological polar surface area (TPSA) is 98.9 Å². The van der Waals surface area contributed by atoms with Crippen molar-refractivity contribution >= 4 is 0 Å². The maximum atomic E-state index is 12.1. The van der Waals surface area contributed by atoms with E-state index in [4.69, 9.17) is 0 Å². The lowest BCUT2D eigenvalue weighted by Gasteiger charge is -2.43. The Hall–Kier alpha value is -1.54. The van der Waals surface area contributed by atoms with Crippen molar-refractivity contribution < 1.29 is 5.21 Å². The SMILES string of the molecule is CC1(C)N([O])C(=C2N=NN=N2)N([O-])C1(C)C. The van der Waals surface area contributed by atoms with Gasteiger partial charge in [-0.3, -0.25) is 0 Å². The first kappa shape index (κ1) is 11.0. The minimum Gasteiger partial charge on any atom is -0.757 e. The summed E-state index contributed by atoms with van der Waals surface area (Å²) in [5.41, 5.74) is -1.74. The monoisotopic (exact) mass is 224 g/mol. The Bertz CT molecular complexity index is 375. The first-order valence-electron chi connectivity index (χ1n) is 4.81. The molecule has 8 nitrogen and oxygen atoms in total. The Kier molecular flexibility index (Phi) is 2.04. The first-order chi connectivity index (χ1) is 7.30. The van der Waals surface area contributed by atoms with Gasteiger partial charge in [-0.1, -0.05) is 5.21 Å². The molecule has 1 fully saturated rings. The largest absolute Gasteiger partial charge is 0.757 e. The minimum atomic E-state index is -0.870. The van der Waals surface area contributed by atoms with Crippen LogP contribution in [0.4, 0.5) is 0 Å². The normalized spacial score (nSPS) is 26.1. The molecule has 1 radical (unpaired) electrons. The molecule has 87 valence electrons. The van der Waals surface area contributed by atoms with Gasteiger partial charge in [-0.2, -0.15) is 5.06 Å². The Morgan fingerprint density at radius 2 is 1.56 bits per heavy atom. The van der Waals surface area contributed by atoms with Crippen molar-refractivity contribution in [3.63, 3.8) is 0 Å². The zero-order valence-corrected chi connectivity index (χ0v) is 9.50. The predicted octanol–water partition coefficient (Wildman–Crippen LogP) is 1.96. The molecule has 2 heterocycles. The highest BCUT2D eigenvalue weighted by atomic mass is 16.6. The van der Waals surface area contributed by atoms with E-state index < -0.39 is 11.1 Å². The summed E-state index contributed by atoms with van der Waals surface area (Å²) < 4.78 is 0. The number of hydroxylamine groups is 4. The minimum absolute atomic E-state index is 0.0383. The number of hydrogen-bond donors (Lipinski definition) is 0. The van der Waals surface area contributed by atoms with E-state index in [1.165, 1.54) is 0 Å². The van der Waals surface area contributed by atoms with Gasteiger partial charge in [0.2, 0.25) is 5.82 Å². The summed E-state index contributed by atoms with van der Waals surface area (Å²) in [5, 5.41) is 39.0. The molecule has 1 saturated heterocycles. The summed E-state index contributed by atoms with van der Waals surface area (Å²) in [6, 6.07) is 0. The van der Waals surface area contributed by atoms with Crippen LogP contribution in [0.2, 0.25) is 0 Å². The lowest BCUT2D eigenvalue weighted by Crippen LogP contribution is -2.51. The van der Waals surface area contributed by atoms with Gasteiger partial charge in [0.15, 0.2) is 5.82 Å². The van der Waals surface area contributed by atoms with Gasteiger partial charge in [-0.15, -0.1) is 10.2 Å². The summed E-state index contributed by atoms with van der Waals surface area (Å²) in [5.74, 6) is -0.177. The molecule has 16 heavy (non-hydrogen) atoms. The van der Waals surface area contributed by atoms with Gasteiger partial charge in [0.1, 0.15) is 0 Å². The molecule has 0 aromatic carbocycles. The van der Waals surface area contributed by atoms with Crippen LogP contribution in [0.15, 0.2) is 32.3 Å². The molecule has 8 heteroatoms. The molecule has 0 amide bonds. The van der Waals surface area contributed by atoms with Crippen molar-refractivity contribution in [2.45, 2.75) is 38.8 Å². The summed E-state index contributed by atoms with van der Waals surface area (Å²) >= 11 is 0. The molecule has 2 rings (SSSR count). The van der Waals surface area contributed by atoms with Crippen molar-refractivity contribution in [2.24, 2.45) is 20.7 Å². The Balaban J connectivity index is 2.56. The summed E-state index contributed by atoms with van der Waals surface area (Å²) in [4.78, 5) is 0. The lowest BCUT2D eigenvalue weighted by atomic mass is 9.84. The van der Waals surface area contributed by atoms with Crippen molar-refractivity contribution in [3.05, 3.63) is 16.8 Å². The van der Waals surface area contributed by atoms with E-state index in [2.05, 4.69) is 20.7 Å². The molecule has 0 aliphatic carbocycles. The van der Waals surface area contributed by atoms with E-state index in [-0.39, 0.29) is 11.6 Å². The molecular formula is C8H12N6O2-. The van der Waals surface area contributed by atoms with E-state index in [0.717, 1.165) is 0 Å². The van der Waals surface area contributed by atoms with E-state index in [1.54, 1.807) is 27.7 Å². The molecule has 0 spiro atoms. The average Bonchev–Trinajstić information content (AvgIpc) is 2.73. The van der Waals surface area contributed by atoms with Crippen LogP contribution in [-0.4, -0.2) is 21.2 Å². The second kappa shape index (κ2) is 2.98. The maximum Gasteiger partial charge on any atom is 0.241 e. The molecule has 0 saturated carbocycles. The van der Waals surface area contributed by atoms with Gasteiger partial charge in [-0.05, 0) is 38.1 Å². The van der Waals surface area contributed by atoms with Crippen LogP contribution < -0.4 is 0 Å². The highest BCUT2D eigenvalue weighted by Crippen LogP contribution is 2.45. The molecule has 0 aromatic heterocycles. The predicted molar refractivity (Wildman–Crippen MR) is 52.6 cm³/mol. The summed E-state index contributed by atoms with van der Waals surface area (Å²) in [6.45, 7) is 6.78. The van der Waals surface area contributed by atoms with E-state index >= 15 is 0 Å². The highest BCUT2D eigenvalue weighted by Gasteiger charge is 2.53. The third-order valence-corrected chi connectivity index (χ3v) is 3.42. The van der Waals surface area contributed by atoms with Gasteiger partial charge in [0.05, 0.1) is 11.1 Å². The lowest BCUT2D eigenvalue weighted by molar-refractivity contribution is -0.181. The fourth-order valence-corrected chi connectivity index (χ4v) is 1.52. The third-order valence-electron chi connectivity index (χ3n) is 3.42. The van der Waals surface area contributed by atoms with Crippen molar-refractivity contribution in [3.8, 4) is 0 Å². The van der Waals surface area contributed by atoms with Gasteiger partial charge in [-0.25, -0.2) is 0 Å². The molecule has 2 aliphatic rings. The Morgan fingerprint density at radius 1 is 1.06 bits per heavy atom. The van der Waals surface area contributed by atoms with Crippen molar-refractivity contribution in [1.29, 1.82) is 0 Å². The number of nitrogens with zero attached hydrogens (tertiary/aromatic N) is 6. The number of rotatable bonds is 0. The molecule has 0 unspecified atom stereocenters. The Labute approximate surface area is 92.5 Å². The second-order valence-corrected chi connectivity index (χ2v) is 4.73. The molecule has 0 aromatic rings. The molecule has 0 N–H and O–H groups in total. The molecular weight excluding hydrogens is 212 g/mol. The quantitative estimate of drug-likeness (QED) is 0.628. The smallest absolute Gasteiger partial charge is 0.241 e.